The Balaban J connectivity index is 3.12. The van der Waals surface area contributed by atoms with Gasteiger partial charge < -0.3 is 4.57 Å². The number of aryl methyl sites for hydroxylation is 2. The average Bonchev–Trinajstić information content (AvgIpc) is 2.19. The molecule has 0 aliphatic heterocycles. The molecule has 1 rings (SSSR count). The van der Waals surface area contributed by atoms with Crippen LogP contribution in [0.3, 0.4) is 0 Å². The Morgan fingerprint density at radius 1 is 1.56 bits per heavy atom. The predicted molar refractivity (Wildman–Crippen MR) is 57.4 cm³/mol. The number of aromatic nitrogens is 1. The molecule has 86 valence electrons. The zero-order valence-corrected chi connectivity index (χ0v) is 9.10. The largest absolute Gasteiger partial charge is 0.308 e. The summed E-state index contributed by atoms with van der Waals surface area (Å²) in [5, 5.41) is 10.6. The van der Waals surface area contributed by atoms with Crippen LogP contribution < -0.4 is 5.56 Å². The molecular weight excluding hydrogens is 212 g/mol. The van der Waals surface area contributed by atoms with Crippen molar-refractivity contribution in [2.75, 3.05) is 0 Å². The van der Waals surface area contributed by atoms with Crippen LogP contribution in [0.4, 0.5) is 5.69 Å². The van der Waals surface area contributed by atoms with Gasteiger partial charge in [-0.2, -0.15) is 0 Å². The number of nitrogens with zero attached hydrogens (tertiary/aromatic N) is 2. The zero-order valence-electron chi connectivity index (χ0n) is 9.10. The first-order chi connectivity index (χ1) is 7.41. The number of carbonyl (C=O) groups is 1. The first-order valence-electron chi connectivity index (χ1n) is 4.76. The third kappa shape index (κ3) is 2.75. The fraction of sp³-hybridized carbons (Fsp3) is 0.400. The number of Topliss-reactive ketones (excluding diaryl/α,β-unsaturated/α-hetero) is 1. The average molecular weight is 224 g/mol. The molecule has 0 aromatic carbocycles. The number of pyridine rings is 1. The quantitative estimate of drug-likeness (QED) is 0.565. The fourth-order valence-electron chi connectivity index (χ4n) is 1.31. The SMILES string of the molecule is CC(=O)CCn1cc([N+](=O)[O-])cc(C)c1=O. The van der Waals surface area contributed by atoms with E-state index in [0.29, 0.717) is 5.56 Å². The van der Waals surface area contributed by atoms with Crippen LogP contribution in [0, 0.1) is 17.0 Å². The van der Waals surface area contributed by atoms with E-state index < -0.39 is 4.92 Å². The van der Waals surface area contributed by atoms with Crippen LogP contribution in [0.25, 0.3) is 0 Å². The molecule has 0 amide bonds. The summed E-state index contributed by atoms with van der Waals surface area (Å²) >= 11 is 0. The number of carbonyl (C=O) groups excluding carboxylic acids is 1. The van der Waals surface area contributed by atoms with Crippen molar-refractivity contribution in [1.82, 2.24) is 4.57 Å². The van der Waals surface area contributed by atoms with Gasteiger partial charge >= 0.3 is 0 Å². The predicted octanol–water partition coefficient (Wildman–Crippen LogP) is 1.04. The molecule has 0 N–H and O–H groups in total. The standard InChI is InChI=1S/C10H12N2O4/c1-7-5-9(12(15)16)6-11(10(7)14)4-3-8(2)13/h5-6H,3-4H2,1-2H3. The van der Waals surface area contributed by atoms with Crippen LogP contribution in [-0.2, 0) is 11.3 Å². The van der Waals surface area contributed by atoms with Crippen molar-refractivity contribution in [3.63, 3.8) is 0 Å². The first-order valence-corrected chi connectivity index (χ1v) is 4.76. The van der Waals surface area contributed by atoms with E-state index in [0.717, 1.165) is 6.20 Å². The smallest absolute Gasteiger partial charge is 0.286 e. The Hall–Kier alpha value is -1.98. The maximum absolute atomic E-state index is 11.6. The van der Waals surface area contributed by atoms with Gasteiger partial charge in [-0.15, -0.1) is 0 Å². The van der Waals surface area contributed by atoms with Gasteiger partial charge in [-0.25, -0.2) is 0 Å². The molecule has 0 saturated heterocycles. The molecule has 1 aromatic heterocycles. The molecule has 6 nitrogen and oxygen atoms in total. The van der Waals surface area contributed by atoms with E-state index in [9.17, 15) is 19.7 Å². The van der Waals surface area contributed by atoms with Crippen LogP contribution in [0.15, 0.2) is 17.1 Å². The second kappa shape index (κ2) is 4.69. The van der Waals surface area contributed by atoms with Gasteiger partial charge in [-0.1, -0.05) is 0 Å². The molecule has 6 heteroatoms. The van der Waals surface area contributed by atoms with Crippen molar-refractivity contribution in [2.45, 2.75) is 26.8 Å². The van der Waals surface area contributed by atoms with Crippen molar-refractivity contribution >= 4 is 11.5 Å². The fourth-order valence-corrected chi connectivity index (χ4v) is 1.31. The van der Waals surface area contributed by atoms with Gasteiger partial charge in [0.25, 0.3) is 11.2 Å². The van der Waals surface area contributed by atoms with Crippen molar-refractivity contribution < 1.29 is 9.72 Å². The van der Waals surface area contributed by atoms with Crippen LogP contribution >= 0.6 is 0 Å². The lowest BCUT2D eigenvalue weighted by molar-refractivity contribution is -0.385. The minimum atomic E-state index is -0.559. The van der Waals surface area contributed by atoms with Gasteiger partial charge in [0.15, 0.2) is 0 Å². The zero-order chi connectivity index (χ0) is 12.3. The normalized spacial score (nSPS) is 10.1. The Kier molecular flexibility index (Phi) is 3.55. The Morgan fingerprint density at radius 2 is 2.19 bits per heavy atom. The van der Waals surface area contributed by atoms with E-state index in [1.165, 1.54) is 24.5 Å². The van der Waals surface area contributed by atoms with Crippen LogP contribution in [0.1, 0.15) is 18.9 Å². The van der Waals surface area contributed by atoms with Crippen molar-refractivity contribution in [3.05, 3.63) is 38.3 Å². The van der Waals surface area contributed by atoms with E-state index in [4.69, 9.17) is 0 Å². The van der Waals surface area contributed by atoms with Gasteiger partial charge in [0, 0.05) is 24.6 Å². The lowest BCUT2D eigenvalue weighted by Gasteiger charge is -2.04. The second-order valence-electron chi connectivity index (χ2n) is 3.59. The summed E-state index contributed by atoms with van der Waals surface area (Å²) in [4.78, 5) is 32.4. The summed E-state index contributed by atoms with van der Waals surface area (Å²) in [6.45, 7) is 3.10. The molecule has 0 aliphatic rings. The molecule has 1 heterocycles. The van der Waals surface area contributed by atoms with Crippen molar-refractivity contribution in [2.24, 2.45) is 0 Å². The lowest BCUT2D eigenvalue weighted by atomic mass is 10.2. The summed E-state index contributed by atoms with van der Waals surface area (Å²) < 4.78 is 1.20. The monoisotopic (exact) mass is 224 g/mol. The van der Waals surface area contributed by atoms with Crippen molar-refractivity contribution in [1.29, 1.82) is 0 Å². The van der Waals surface area contributed by atoms with Crippen LogP contribution in [0.5, 0.6) is 0 Å². The van der Waals surface area contributed by atoms with E-state index in [2.05, 4.69) is 0 Å². The van der Waals surface area contributed by atoms with Crippen LogP contribution in [-0.4, -0.2) is 15.3 Å². The van der Waals surface area contributed by atoms with E-state index in [-0.39, 0.29) is 30.0 Å². The summed E-state index contributed by atoms with van der Waals surface area (Å²) in [7, 11) is 0. The van der Waals surface area contributed by atoms with Crippen LogP contribution in [0.2, 0.25) is 0 Å². The molecule has 0 spiro atoms. The molecule has 0 saturated carbocycles. The van der Waals surface area contributed by atoms with Gasteiger partial charge in [-0.05, 0) is 13.8 Å². The summed E-state index contributed by atoms with van der Waals surface area (Å²) in [5.41, 5.74) is -0.134. The second-order valence-corrected chi connectivity index (χ2v) is 3.59. The van der Waals surface area contributed by atoms with E-state index in [1.54, 1.807) is 0 Å². The Labute approximate surface area is 91.7 Å². The van der Waals surface area contributed by atoms with Gasteiger partial charge in [-0.3, -0.25) is 19.7 Å². The molecule has 0 aliphatic carbocycles. The topological polar surface area (TPSA) is 82.2 Å². The summed E-state index contributed by atoms with van der Waals surface area (Å²) in [6, 6.07) is 1.23. The van der Waals surface area contributed by atoms with Crippen molar-refractivity contribution in [3.8, 4) is 0 Å². The molecule has 0 radical (unpaired) electrons. The first kappa shape index (κ1) is 12.1. The molecule has 16 heavy (non-hydrogen) atoms. The van der Waals surface area contributed by atoms with Gasteiger partial charge in [0.2, 0.25) is 0 Å². The Bertz CT molecular complexity index is 490. The summed E-state index contributed by atoms with van der Waals surface area (Å²) in [6.07, 6.45) is 1.36. The van der Waals surface area contributed by atoms with E-state index >= 15 is 0 Å². The number of hydrogen-bond acceptors (Lipinski definition) is 4. The third-order valence-electron chi connectivity index (χ3n) is 2.17. The highest BCUT2D eigenvalue weighted by Gasteiger charge is 2.11. The molecule has 0 unspecified atom stereocenters. The lowest BCUT2D eigenvalue weighted by Crippen LogP contribution is -2.23. The minimum Gasteiger partial charge on any atom is -0.308 e. The Morgan fingerprint density at radius 3 is 2.69 bits per heavy atom. The minimum absolute atomic E-state index is 0.0592. The molecule has 0 atom stereocenters. The maximum atomic E-state index is 11.6. The maximum Gasteiger partial charge on any atom is 0.286 e. The molecule has 1 aromatic rings. The summed E-state index contributed by atoms with van der Waals surface area (Å²) in [5.74, 6) is -0.0592. The highest BCUT2D eigenvalue weighted by molar-refractivity contribution is 5.75. The molecule has 0 bridgehead atoms. The highest BCUT2D eigenvalue weighted by Crippen LogP contribution is 2.09. The highest BCUT2D eigenvalue weighted by atomic mass is 16.6. The van der Waals surface area contributed by atoms with Gasteiger partial charge in [0.05, 0.1) is 11.1 Å². The molecule has 0 fully saturated rings. The number of nitro groups is 1. The van der Waals surface area contributed by atoms with Gasteiger partial charge in [0.1, 0.15) is 5.78 Å². The molecular formula is C10H12N2O4. The number of rotatable bonds is 4. The van der Waals surface area contributed by atoms with E-state index in [1.807, 2.05) is 0 Å². The number of hydrogen-bond donors (Lipinski definition) is 0. The third-order valence-corrected chi connectivity index (χ3v) is 2.17. The number of ketones is 1.